The Kier molecular flexibility index (Phi) is 3.92. The first-order valence-electron chi connectivity index (χ1n) is 6.65. The molecule has 0 amide bonds. The fourth-order valence-electron chi connectivity index (χ4n) is 2.23. The van der Waals surface area contributed by atoms with Crippen LogP contribution < -0.4 is 4.90 Å². The molecule has 0 atom stereocenters. The lowest BCUT2D eigenvalue weighted by molar-refractivity contribution is -0.157. The van der Waals surface area contributed by atoms with Crippen LogP contribution in [0.15, 0.2) is 23.0 Å². The van der Waals surface area contributed by atoms with Crippen molar-refractivity contribution in [2.24, 2.45) is 0 Å². The molecule has 0 spiro atoms. The van der Waals surface area contributed by atoms with Crippen LogP contribution in [0, 0.1) is 0 Å². The van der Waals surface area contributed by atoms with E-state index in [9.17, 15) is 13.2 Å². The molecule has 22 heavy (non-hydrogen) atoms. The fraction of sp³-hybridized carbons (Fsp3) is 0.500. The molecule has 1 saturated heterocycles. The van der Waals surface area contributed by atoms with Crippen molar-refractivity contribution in [3.05, 3.63) is 30.4 Å². The molecule has 0 N–H and O–H groups in total. The predicted octanol–water partition coefficient (Wildman–Crippen LogP) is 1.20. The first-order chi connectivity index (χ1) is 10.5. The Morgan fingerprint density at radius 1 is 1.14 bits per heavy atom. The molecule has 0 aromatic carbocycles. The van der Waals surface area contributed by atoms with Crippen molar-refractivity contribution < 1.29 is 17.6 Å². The number of halogens is 3. The number of piperazine rings is 1. The van der Waals surface area contributed by atoms with Crippen molar-refractivity contribution >= 4 is 5.82 Å². The highest BCUT2D eigenvalue weighted by Crippen LogP contribution is 2.28. The maximum Gasteiger partial charge on any atom is 0.470 e. The number of hydrogen-bond acceptors (Lipinski definition) is 7. The van der Waals surface area contributed by atoms with Crippen molar-refractivity contribution in [3.63, 3.8) is 0 Å². The normalized spacial score (nSPS) is 17.0. The van der Waals surface area contributed by atoms with Crippen molar-refractivity contribution in [3.8, 4) is 0 Å². The maximum atomic E-state index is 12.4. The molecule has 2 aromatic heterocycles. The lowest BCUT2D eigenvalue weighted by Crippen LogP contribution is -2.46. The standard InChI is InChI=1S/C12H13F3N6O/c13-12(14,15)11-19-18-10(22-11)7-20-3-5-21(6-4-20)9-1-2-16-8-17-9/h1-2,8H,3-7H2. The van der Waals surface area contributed by atoms with Gasteiger partial charge in [0.15, 0.2) is 0 Å². The molecule has 0 saturated carbocycles. The van der Waals surface area contributed by atoms with Gasteiger partial charge in [0.05, 0.1) is 6.54 Å². The maximum absolute atomic E-state index is 12.4. The van der Waals surface area contributed by atoms with Gasteiger partial charge < -0.3 is 9.32 Å². The lowest BCUT2D eigenvalue weighted by atomic mass is 10.3. The molecule has 0 bridgehead atoms. The van der Waals surface area contributed by atoms with E-state index in [4.69, 9.17) is 0 Å². The molecule has 1 aliphatic heterocycles. The van der Waals surface area contributed by atoms with Gasteiger partial charge in [-0.05, 0) is 6.07 Å². The molecular weight excluding hydrogens is 301 g/mol. The van der Waals surface area contributed by atoms with Crippen LogP contribution in [0.4, 0.5) is 19.0 Å². The van der Waals surface area contributed by atoms with Gasteiger partial charge in [-0.3, -0.25) is 4.90 Å². The van der Waals surface area contributed by atoms with Gasteiger partial charge in [0.1, 0.15) is 12.1 Å². The molecule has 1 fully saturated rings. The Morgan fingerprint density at radius 2 is 1.91 bits per heavy atom. The van der Waals surface area contributed by atoms with E-state index in [1.807, 2.05) is 11.0 Å². The van der Waals surface area contributed by atoms with Crippen LogP contribution >= 0.6 is 0 Å². The minimum atomic E-state index is -4.60. The summed E-state index contributed by atoms with van der Waals surface area (Å²) in [5.41, 5.74) is 0. The number of aromatic nitrogens is 4. The van der Waals surface area contributed by atoms with E-state index in [0.29, 0.717) is 13.1 Å². The monoisotopic (exact) mass is 314 g/mol. The van der Waals surface area contributed by atoms with E-state index < -0.39 is 12.1 Å². The van der Waals surface area contributed by atoms with E-state index in [0.717, 1.165) is 18.9 Å². The van der Waals surface area contributed by atoms with E-state index >= 15 is 0 Å². The highest BCUT2D eigenvalue weighted by Gasteiger charge is 2.38. The third-order valence-electron chi connectivity index (χ3n) is 3.33. The minimum Gasteiger partial charge on any atom is -0.416 e. The van der Waals surface area contributed by atoms with Gasteiger partial charge in [0, 0.05) is 32.4 Å². The zero-order valence-electron chi connectivity index (χ0n) is 11.5. The van der Waals surface area contributed by atoms with Gasteiger partial charge >= 0.3 is 12.1 Å². The smallest absolute Gasteiger partial charge is 0.416 e. The number of rotatable bonds is 3. The van der Waals surface area contributed by atoms with Crippen LogP contribution in [0.25, 0.3) is 0 Å². The number of anilines is 1. The van der Waals surface area contributed by atoms with Gasteiger partial charge in [-0.1, -0.05) is 0 Å². The summed E-state index contributed by atoms with van der Waals surface area (Å²) in [6.07, 6.45) is -1.44. The Hall–Kier alpha value is -2.23. The number of alkyl halides is 3. The van der Waals surface area contributed by atoms with Crippen molar-refractivity contribution in [1.29, 1.82) is 0 Å². The summed E-state index contributed by atoms with van der Waals surface area (Å²) in [7, 11) is 0. The molecule has 2 aromatic rings. The summed E-state index contributed by atoms with van der Waals surface area (Å²) < 4.78 is 41.8. The molecule has 3 rings (SSSR count). The van der Waals surface area contributed by atoms with Gasteiger partial charge in [-0.25, -0.2) is 9.97 Å². The Balaban J connectivity index is 1.55. The fourth-order valence-corrected chi connectivity index (χ4v) is 2.23. The summed E-state index contributed by atoms with van der Waals surface area (Å²) in [6, 6.07) is 1.82. The third kappa shape index (κ3) is 3.32. The molecule has 7 nitrogen and oxygen atoms in total. The first kappa shape index (κ1) is 14.7. The number of hydrogen-bond donors (Lipinski definition) is 0. The second-order valence-corrected chi connectivity index (χ2v) is 4.83. The molecule has 118 valence electrons. The topological polar surface area (TPSA) is 71.2 Å². The molecule has 0 unspecified atom stereocenters. The van der Waals surface area contributed by atoms with Crippen LogP contribution in [0.3, 0.4) is 0 Å². The van der Waals surface area contributed by atoms with Gasteiger partial charge in [0.2, 0.25) is 5.89 Å². The van der Waals surface area contributed by atoms with Crippen LogP contribution in [0.1, 0.15) is 11.8 Å². The van der Waals surface area contributed by atoms with Gasteiger partial charge in [-0.15, -0.1) is 10.2 Å². The van der Waals surface area contributed by atoms with E-state index in [1.165, 1.54) is 6.33 Å². The van der Waals surface area contributed by atoms with Crippen molar-refractivity contribution in [2.45, 2.75) is 12.7 Å². The highest BCUT2D eigenvalue weighted by molar-refractivity contribution is 5.36. The lowest BCUT2D eigenvalue weighted by Gasteiger charge is -2.34. The second-order valence-electron chi connectivity index (χ2n) is 4.83. The quantitative estimate of drug-likeness (QED) is 0.843. The third-order valence-corrected chi connectivity index (χ3v) is 3.33. The van der Waals surface area contributed by atoms with Gasteiger partial charge in [0.25, 0.3) is 0 Å². The van der Waals surface area contributed by atoms with Crippen molar-refractivity contribution in [1.82, 2.24) is 25.1 Å². The summed E-state index contributed by atoms with van der Waals surface area (Å²) in [5.74, 6) is -0.489. The predicted molar refractivity (Wildman–Crippen MR) is 68.8 cm³/mol. The highest BCUT2D eigenvalue weighted by atomic mass is 19.4. The van der Waals surface area contributed by atoms with Crippen LogP contribution in [-0.4, -0.2) is 51.2 Å². The average Bonchev–Trinajstić information content (AvgIpc) is 2.98. The molecule has 10 heteroatoms. The SMILES string of the molecule is FC(F)(F)c1nnc(CN2CCN(c3ccncn3)CC2)o1. The molecular formula is C12H13F3N6O. The number of nitrogens with zero attached hydrogens (tertiary/aromatic N) is 6. The van der Waals surface area contributed by atoms with Crippen LogP contribution in [-0.2, 0) is 12.7 Å². The Bertz CT molecular complexity index is 609. The van der Waals surface area contributed by atoms with E-state index in [-0.39, 0.29) is 12.4 Å². The molecule has 1 aliphatic rings. The summed E-state index contributed by atoms with van der Waals surface area (Å²) in [6.45, 7) is 3.00. The molecule has 0 aliphatic carbocycles. The Labute approximate surface area is 123 Å². The van der Waals surface area contributed by atoms with Crippen LogP contribution in [0.5, 0.6) is 0 Å². The molecule has 0 radical (unpaired) electrons. The zero-order valence-corrected chi connectivity index (χ0v) is 11.5. The summed E-state index contributed by atoms with van der Waals surface area (Å²) in [4.78, 5) is 12.1. The van der Waals surface area contributed by atoms with Gasteiger partial charge in [-0.2, -0.15) is 13.2 Å². The molecule has 3 heterocycles. The van der Waals surface area contributed by atoms with Crippen LogP contribution in [0.2, 0.25) is 0 Å². The van der Waals surface area contributed by atoms with E-state index in [2.05, 4.69) is 29.5 Å². The Morgan fingerprint density at radius 3 is 2.50 bits per heavy atom. The summed E-state index contributed by atoms with van der Waals surface area (Å²) in [5, 5.41) is 6.46. The average molecular weight is 314 g/mol. The van der Waals surface area contributed by atoms with E-state index in [1.54, 1.807) is 6.20 Å². The summed E-state index contributed by atoms with van der Waals surface area (Å²) >= 11 is 0. The largest absolute Gasteiger partial charge is 0.470 e. The van der Waals surface area contributed by atoms with Crippen molar-refractivity contribution in [2.75, 3.05) is 31.1 Å². The second kappa shape index (κ2) is 5.87. The zero-order chi connectivity index (χ0) is 15.6. The minimum absolute atomic E-state index is 0.0252. The first-order valence-corrected chi connectivity index (χ1v) is 6.65.